The van der Waals surface area contributed by atoms with Gasteiger partial charge in [-0.3, -0.25) is 0 Å². The Hall–Kier alpha value is -1.57. The van der Waals surface area contributed by atoms with Crippen LogP contribution in [0.3, 0.4) is 0 Å². The first kappa shape index (κ1) is 35.4. The molecule has 0 amide bonds. The Kier molecular flexibility index (Phi) is 31.1. The maximum absolute atomic E-state index is 10.9. The highest BCUT2D eigenvalue weighted by Gasteiger charge is 1.96. The van der Waals surface area contributed by atoms with Crippen LogP contribution in [0.4, 0.5) is 0 Å². The third kappa shape index (κ3) is 32.4. The van der Waals surface area contributed by atoms with E-state index in [1.807, 2.05) is 24.3 Å². The van der Waals surface area contributed by atoms with Crippen molar-refractivity contribution in [2.45, 2.75) is 161 Å². The Labute approximate surface area is 232 Å². The second-order valence-corrected chi connectivity index (χ2v) is 10.6. The van der Waals surface area contributed by atoms with Gasteiger partial charge < -0.3 is 4.74 Å². The number of rotatable bonds is 28. The number of allylic oxidation sites excluding steroid dienone is 7. The number of carbonyl (C=O) groups is 1. The smallest absolute Gasteiger partial charge is 0.330 e. The first-order valence-electron chi connectivity index (χ1n) is 16.1. The van der Waals surface area contributed by atoms with Crippen molar-refractivity contribution >= 4 is 5.97 Å². The molecule has 0 atom stereocenters. The number of methoxy groups -OCH3 is 1. The molecule has 0 aliphatic rings. The van der Waals surface area contributed by atoms with Gasteiger partial charge in [0.1, 0.15) is 0 Å². The quantitative estimate of drug-likeness (QED) is 0.0449. The minimum atomic E-state index is -0.330. The van der Waals surface area contributed by atoms with Gasteiger partial charge in [0, 0.05) is 6.08 Å². The highest BCUT2D eigenvalue weighted by Crippen LogP contribution is 2.15. The lowest BCUT2D eigenvalue weighted by Crippen LogP contribution is -1.92. The summed E-state index contributed by atoms with van der Waals surface area (Å²) in [4.78, 5) is 10.9. The van der Waals surface area contributed by atoms with Gasteiger partial charge in [0.15, 0.2) is 0 Å². The van der Waals surface area contributed by atoms with Crippen LogP contribution in [0, 0.1) is 0 Å². The van der Waals surface area contributed by atoms with E-state index < -0.39 is 0 Å². The van der Waals surface area contributed by atoms with E-state index in [0.29, 0.717) is 0 Å². The molecule has 0 saturated heterocycles. The van der Waals surface area contributed by atoms with E-state index >= 15 is 0 Å². The SMILES string of the molecule is CCCCCCCCCCCCCCCCCCCCCCCCCC=CC=CC=CC=CC(=O)OC. The van der Waals surface area contributed by atoms with Crippen LogP contribution in [-0.4, -0.2) is 13.1 Å². The Morgan fingerprint density at radius 2 is 0.784 bits per heavy atom. The van der Waals surface area contributed by atoms with E-state index in [-0.39, 0.29) is 5.97 Å². The van der Waals surface area contributed by atoms with Crippen molar-refractivity contribution in [1.29, 1.82) is 0 Å². The number of carbonyl (C=O) groups excluding carboxylic acids is 1. The van der Waals surface area contributed by atoms with Crippen LogP contribution in [0.1, 0.15) is 161 Å². The average Bonchev–Trinajstić information content (AvgIpc) is 2.91. The molecular formula is C35H62O2. The Balaban J connectivity index is 3.20. The number of hydrogen-bond donors (Lipinski definition) is 0. The monoisotopic (exact) mass is 514 g/mol. The third-order valence-corrected chi connectivity index (χ3v) is 7.10. The van der Waals surface area contributed by atoms with Crippen molar-refractivity contribution in [2.24, 2.45) is 0 Å². The van der Waals surface area contributed by atoms with Gasteiger partial charge in [-0.25, -0.2) is 4.79 Å². The molecule has 0 bridgehead atoms. The molecule has 0 radical (unpaired) electrons. The lowest BCUT2D eigenvalue weighted by molar-refractivity contribution is -0.134. The van der Waals surface area contributed by atoms with Crippen molar-refractivity contribution in [3.63, 3.8) is 0 Å². The molecule has 37 heavy (non-hydrogen) atoms. The molecule has 0 N–H and O–H groups in total. The molecule has 0 aromatic carbocycles. The first-order valence-corrected chi connectivity index (χ1v) is 16.1. The van der Waals surface area contributed by atoms with Crippen molar-refractivity contribution in [1.82, 2.24) is 0 Å². The van der Waals surface area contributed by atoms with E-state index in [0.717, 1.165) is 6.42 Å². The average molecular weight is 515 g/mol. The fourth-order valence-corrected chi connectivity index (χ4v) is 4.68. The van der Waals surface area contributed by atoms with E-state index in [1.54, 1.807) is 6.08 Å². The van der Waals surface area contributed by atoms with Crippen molar-refractivity contribution in [3.8, 4) is 0 Å². The van der Waals surface area contributed by atoms with Crippen molar-refractivity contribution in [3.05, 3.63) is 48.6 Å². The van der Waals surface area contributed by atoms with E-state index in [1.165, 1.54) is 161 Å². The molecule has 0 aliphatic carbocycles. The predicted molar refractivity (Wildman–Crippen MR) is 165 cm³/mol. The summed E-state index contributed by atoms with van der Waals surface area (Å²) in [6.45, 7) is 2.30. The number of unbranched alkanes of at least 4 members (excludes halogenated alkanes) is 23. The van der Waals surface area contributed by atoms with Crippen molar-refractivity contribution < 1.29 is 9.53 Å². The number of esters is 1. The number of hydrogen-bond acceptors (Lipinski definition) is 2. The summed E-state index contributed by atoms with van der Waals surface area (Å²) in [5.74, 6) is -0.330. The molecule has 0 rings (SSSR count). The summed E-state index contributed by atoms with van der Waals surface area (Å²) in [5.41, 5.74) is 0. The Bertz CT molecular complexity index is 570. The molecule has 2 nitrogen and oxygen atoms in total. The lowest BCUT2D eigenvalue weighted by atomic mass is 10.0. The summed E-state index contributed by atoms with van der Waals surface area (Å²) in [5, 5.41) is 0. The van der Waals surface area contributed by atoms with Crippen LogP contribution < -0.4 is 0 Å². The van der Waals surface area contributed by atoms with Gasteiger partial charge in [0.2, 0.25) is 0 Å². The van der Waals surface area contributed by atoms with E-state index in [2.05, 4.69) is 23.8 Å². The molecule has 0 aliphatic heterocycles. The van der Waals surface area contributed by atoms with Crippen LogP contribution in [0.2, 0.25) is 0 Å². The zero-order valence-corrected chi connectivity index (χ0v) is 24.9. The van der Waals surface area contributed by atoms with Gasteiger partial charge in [0.05, 0.1) is 7.11 Å². The molecule has 0 heterocycles. The molecule has 0 fully saturated rings. The summed E-state index contributed by atoms with van der Waals surface area (Å²) in [7, 11) is 1.38. The molecule has 0 saturated carbocycles. The predicted octanol–water partition coefficient (Wildman–Crippen LogP) is 11.8. The molecule has 0 aromatic heterocycles. The molecule has 0 aromatic rings. The molecule has 214 valence electrons. The topological polar surface area (TPSA) is 26.3 Å². The first-order chi connectivity index (χ1) is 18.3. The lowest BCUT2D eigenvalue weighted by Gasteiger charge is -2.04. The van der Waals surface area contributed by atoms with E-state index in [4.69, 9.17) is 0 Å². The number of ether oxygens (including phenoxy) is 1. The third-order valence-electron chi connectivity index (χ3n) is 7.10. The minimum Gasteiger partial charge on any atom is -0.466 e. The van der Waals surface area contributed by atoms with Gasteiger partial charge in [-0.2, -0.15) is 0 Å². The van der Waals surface area contributed by atoms with Gasteiger partial charge in [-0.1, -0.05) is 191 Å². The minimum absolute atomic E-state index is 0.330. The normalized spacial score (nSPS) is 12.2. The van der Waals surface area contributed by atoms with Gasteiger partial charge in [-0.15, -0.1) is 0 Å². The summed E-state index contributed by atoms with van der Waals surface area (Å²) >= 11 is 0. The van der Waals surface area contributed by atoms with Gasteiger partial charge >= 0.3 is 5.97 Å². The zero-order valence-electron chi connectivity index (χ0n) is 24.9. The highest BCUT2D eigenvalue weighted by atomic mass is 16.5. The van der Waals surface area contributed by atoms with Crippen LogP contribution in [0.15, 0.2) is 48.6 Å². The molecule has 0 spiro atoms. The van der Waals surface area contributed by atoms with Crippen LogP contribution in [0.25, 0.3) is 0 Å². The standard InChI is InChI=1S/C35H62O2/c1-3-4-5-6-7-8-9-10-11-12-13-14-15-16-17-18-19-20-21-22-23-24-25-26-27-28-29-30-31-32-33-34-35(36)37-2/h27-34H,3-26H2,1-2H3. The van der Waals surface area contributed by atoms with Crippen LogP contribution >= 0.6 is 0 Å². The fraction of sp³-hybridized carbons (Fsp3) is 0.743. The molecule has 2 heteroatoms. The maximum Gasteiger partial charge on any atom is 0.330 e. The van der Waals surface area contributed by atoms with Crippen LogP contribution in [-0.2, 0) is 9.53 Å². The molecular weight excluding hydrogens is 452 g/mol. The van der Waals surface area contributed by atoms with Gasteiger partial charge in [-0.05, 0) is 12.8 Å². The Morgan fingerprint density at radius 3 is 1.16 bits per heavy atom. The highest BCUT2D eigenvalue weighted by molar-refractivity contribution is 5.82. The largest absolute Gasteiger partial charge is 0.466 e. The second-order valence-electron chi connectivity index (χ2n) is 10.6. The maximum atomic E-state index is 10.9. The van der Waals surface area contributed by atoms with Crippen LogP contribution in [0.5, 0.6) is 0 Å². The van der Waals surface area contributed by atoms with E-state index in [9.17, 15) is 4.79 Å². The summed E-state index contributed by atoms with van der Waals surface area (Å²) < 4.78 is 4.53. The van der Waals surface area contributed by atoms with Crippen molar-refractivity contribution in [2.75, 3.05) is 7.11 Å². The fourth-order valence-electron chi connectivity index (χ4n) is 4.68. The van der Waals surface area contributed by atoms with Gasteiger partial charge in [0.25, 0.3) is 0 Å². The summed E-state index contributed by atoms with van der Waals surface area (Å²) in [6, 6.07) is 0. The summed E-state index contributed by atoms with van der Waals surface area (Å²) in [6.07, 6.45) is 49.4. The second kappa shape index (κ2) is 32.5. The molecule has 0 unspecified atom stereocenters. The zero-order chi connectivity index (χ0) is 26.9. The Morgan fingerprint density at radius 1 is 0.459 bits per heavy atom.